The average Bonchev–Trinajstić information content (AvgIpc) is 2.24. The fourth-order valence-corrected chi connectivity index (χ4v) is 1.79. The highest BCUT2D eigenvalue weighted by Crippen LogP contribution is 2.20. The number of carbonyl (C=O) groups excluding carboxylic acids is 1. The lowest BCUT2D eigenvalue weighted by molar-refractivity contribution is -0.148. The predicted molar refractivity (Wildman–Crippen MR) is 70.9 cm³/mol. The van der Waals surface area contributed by atoms with Crippen LogP contribution in [0.5, 0.6) is 0 Å². The van der Waals surface area contributed by atoms with Crippen molar-refractivity contribution in [3.05, 3.63) is 0 Å². The second-order valence-electron chi connectivity index (χ2n) is 3.90. The highest BCUT2D eigenvalue weighted by Gasteiger charge is 2.33. The molecule has 0 aromatic carbocycles. The van der Waals surface area contributed by atoms with Crippen molar-refractivity contribution < 1.29 is 9.53 Å². The molecule has 0 saturated carbocycles. The van der Waals surface area contributed by atoms with Gasteiger partial charge in [-0.05, 0) is 35.4 Å². The molecule has 0 unspecified atom stereocenters. The summed E-state index contributed by atoms with van der Waals surface area (Å²) in [6, 6.07) is 0. The van der Waals surface area contributed by atoms with E-state index < -0.39 is 5.54 Å². The Hall–Kier alpha value is 0.160. The van der Waals surface area contributed by atoms with Crippen LogP contribution in [-0.2, 0) is 9.53 Å². The minimum absolute atomic E-state index is 0.237. The van der Waals surface area contributed by atoms with E-state index in [0.717, 1.165) is 38.5 Å². The summed E-state index contributed by atoms with van der Waals surface area (Å²) in [7, 11) is 0. The van der Waals surface area contributed by atoms with E-state index in [1.54, 1.807) is 0 Å². The predicted octanol–water partition coefficient (Wildman–Crippen LogP) is 3.00. The quantitative estimate of drug-likeness (QED) is 0.424. The summed E-state index contributed by atoms with van der Waals surface area (Å²) in [5.41, 5.74) is 5.37. The molecular formula is C11H22INO2. The summed E-state index contributed by atoms with van der Waals surface area (Å²) in [4.78, 5) is 11.7. The Morgan fingerprint density at radius 2 is 1.73 bits per heavy atom. The van der Waals surface area contributed by atoms with Gasteiger partial charge in [-0.2, -0.15) is 0 Å². The molecule has 0 atom stereocenters. The Labute approximate surface area is 106 Å². The van der Waals surface area contributed by atoms with Gasteiger partial charge in [0.15, 0.2) is 0 Å². The summed E-state index contributed by atoms with van der Waals surface area (Å²) in [6.07, 6.45) is 5.55. The van der Waals surface area contributed by atoms with Crippen LogP contribution in [0, 0.1) is 0 Å². The van der Waals surface area contributed by atoms with Crippen LogP contribution in [-0.4, -0.2) is 16.1 Å². The van der Waals surface area contributed by atoms with Crippen molar-refractivity contribution in [3.63, 3.8) is 0 Å². The summed E-state index contributed by atoms with van der Waals surface area (Å²) in [6.45, 7) is 4.20. The second-order valence-corrected chi connectivity index (χ2v) is 4.53. The van der Waals surface area contributed by atoms with Crippen molar-refractivity contribution in [2.75, 3.05) is 4.61 Å². The standard InChI is InChI=1S/C11H22INO2/c1-3-5-7-11(13,8-6-4-2)10(14)15-9-12/h3-9,13H2,1-2H3. The molecule has 0 amide bonds. The van der Waals surface area contributed by atoms with E-state index in [2.05, 4.69) is 13.8 Å². The molecule has 3 nitrogen and oxygen atoms in total. The maximum atomic E-state index is 11.7. The van der Waals surface area contributed by atoms with E-state index in [1.807, 2.05) is 22.6 Å². The van der Waals surface area contributed by atoms with Crippen LogP contribution in [0.2, 0.25) is 0 Å². The van der Waals surface area contributed by atoms with Crippen LogP contribution in [0.25, 0.3) is 0 Å². The van der Waals surface area contributed by atoms with E-state index in [4.69, 9.17) is 10.5 Å². The molecule has 0 aromatic heterocycles. The van der Waals surface area contributed by atoms with Gasteiger partial charge >= 0.3 is 5.97 Å². The molecule has 2 N–H and O–H groups in total. The zero-order valence-corrected chi connectivity index (χ0v) is 11.9. The normalized spacial score (nSPS) is 11.5. The number of esters is 1. The number of halogens is 1. The first kappa shape index (κ1) is 15.2. The lowest BCUT2D eigenvalue weighted by Crippen LogP contribution is -2.49. The zero-order chi connectivity index (χ0) is 11.7. The largest absolute Gasteiger partial charge is 0.454 e. The highest BCUT2D eigenvalue weighted by atomic mass is 127. The number of hydrogen-bond donors (Lipinski definition) is 1. The molecule has 0 aromatic rings. The van der Waals surface area contributed by atoms with Crippen molar-refractivity contribution in [1.29, 1.82) is 0 Å². The lowest BCUT2D eigenvalue weighted by Gasteiger charge is -2.26. The molecule has 90 valence electrons. The van der Waals surface area contributed by atoms with Gasteiger partial charge < -0.3 is 10.5 Å². The van der Waals surface area contributed by atoms with Gasteiger partial charge in [-0.1, -0.05) is 39.5 Å². The maximum Gasteiger partial charge on any atom is 0.326 e. The average molecular weight is 327 g/mol. The van der Waals surface area contributed by atoms with Gasteiger partial charge in [-0.25, -0.2) is 0 Å². The van der Waals surface area contributed by atoms with Crippen molar-refractivity contribution in [1.82, 2.24) is 0 Å². The smallest absolute Gasteiger partial charge is 0.326 e. The minimum atomic E-state index is -0.753. The van der Waals surface area contributed by atoms with Crippen LogP contribution >= 0.6 is 22.6 Å². The third kappa shape index (κ3) is 5.70. The van der Waals surface area contributed by atoms with Gasteiger partial charge in [0.1, 0.15) is 10.2 Å². The van der Waals surface area contributed by atoms with E-state index in [-0.39, 0.29) is 5.97 Å². The summed E-state index contributed by atoms with van der Waals surface area (Å²) in [5.74, 6) is -0.237. The molecule has 4 heteroatoms. The van der Waals surface area contributed by atoms with Crippen LogP contribution in [0.15, 0.2) is 0 Å². The third-order valence-corrected chi connectivity index (χ3v) is 2.86. The maximum absolute atomic E-state index is 11.7. The van der Waals surface area contributed by atoms with Crippen LogP contribution in [0.3, 0.4) is 0 Å². The molecule has 0 aliphatic rings. The molecule has 0 heterocycles. The first-order valence-electron chi connectivity index (χ1n) is 5.62. The molecule has 0 bridgehead atoms. The SMILES string of the molecule is CCCCC(N)(CCCC)C(=O)OCI. The van der Waals surface area contributed by atoms with Crippen molar-refractivity contribution in [2.24, 2.45) is 5.73 Å². The first-order chi connectivity index (χ1) is 7.10. The second kappa shape index (κ2) is 8.33. The molecule has 15 heavy (non-hydrogen) atoms. The number of carbonyl (C=O) groups is 1. The topological polar surface area (TPSA) is 52.3 Å². The van der Waals surface area contributed by atoms with Crippen LogP contribution in [0.1, 0.15) is 52.4 Å². The van der Waals surface area contributed by atoms with Gasteiger partial charge in [0.2, 0.25) is 0 Å². The van der Waals surface area contributed by atoms with Crippen LogP contribution < -0.4 is 5.73 Å². The zero-order valence-electron chi connectivity index (χ0n) is 9.72. The Morgan fingerprint density at radius 1 is 1.27 bits per heavy atom. The number of ether oxygens (including phenoxy) is 1. The number of alkyl halides is 1. The number of rotatable bonds is 8. The fraction of sp³-hybridized carbons (Fsp3) is 0.909. The minimum Gasteiger partial charge on any atom is -0.454 e. The molecule has 0 saturated heterocycles. The van der Waals surface area contributed by atoms with E-state index >= 15 is 0 Å². The molecular weight excluding hydrogens is 305 g/mol. The molecule has 0 aliphatic heterocycles. The number of nitrogens with two attached hydrogens (primary N) is 1. The van der Waals surface area contributed by atoms with Crippen molar-refractivity contribution in [2.45, 2.75) is 57.9 Å². The Morgan fingerprint density at radius 3 is 2.07 bits per heavy atom. The molecule has 0 radical (unpaired) electrons. The Balaban J connectivity index is 4.30. The van der Waals surface area contributed by atoms with E-state index in [1.165, 1.54) is 0 Å². The molecule has 0 aliphatic carbocycles. The van der Waals surface area contributed by atoms with Gasteiger partial charge in [0, 0.05) is 0 Å². The molecule has 0 rings (SSSR count). The van der Waals surface area contributed by atoms with Crippen molar-refractivity contribution in [3.8, 4) is 0 Å². The summed E-state index contributed by atoms with van der Waals surface area (Å²) >= 11 is 2.02. The van der Waals surface area contributed by atoms with Gasteiger partial charge in [0.05, 0.1) is 0 Å². The summed E-state index contributed by atoms with van der Waals surface area (Å²) < 4.78 is 5.41. The molecule has 0 spiro atoms. The molecule has 0 fully saturated rings. The summed E-state index contributed by atoms with van der Waals surface area (Å²) in [5, 5.41) is 0. The monoisotopic (exact) mass is 327 g/mol. The lowest BCUT2D eigenvalue weighted by atomic mass is 9.88. The van der Waals surface area contributed by atoms with E-state index in [9.17, 15) is 4.79 Å². The first-order valence-corrected chi connectivity index (χ1v) is 7.15. The van der Waals surface area contributed by atoms with Gasteiger partial charge in [0.25, 0.3) is 0 Å². The fourth-order valence-electron chi connectivity index (χ4n) is 1.51. The number of unbranched alkanes of at least 4 members (excludes halogenated alkanes) is 2. The Kier molecular flexibility index (Phi) is 8.42. The number of hydrogen-bond acceptors (Lipinski definition) is 3. The van der Waals surface area contributed by atoms with E-state index in [0.29, 0.717) is 4.61 Å². The highest BCUT2D eigenvalue weighted by molar-refractivity contribution is 14.1. The van der Waals surface area contributed by atoms with Crippen molar-refractivity contribution >= 4 is 28.6 Å². The van der Waals surface area contributed by atoms with Gasteiger partial charge in [-0.3, -0.25) is 4.79 Å². The third-order valence-electron chi connectivity index (χ3n) is 2.55. The van der Waals surface area contributed by atoms with Gasteiger partial charge in [-0.15, -0.1) is 0 Å². The Bertz CT molecular complexity index is 177. The van der Waals surface area contributed by atoms with Crippen LogP contribution in [0.4, 0.5) is 0 Å².